The smallest absolute Gasteiger partial charge is 0.251 e. The third kappa shape index (κ3) is 3.23. The van der Waals surface area contributed by atoms with Crippen LogP contribution in [-0.4, -0.2) is 24.6 Å². The normalized spacial score (nSPS) is 13.0. The Labute approximate surface area is 109 Å². The minimum atomic E-state index is -0.449. The van der Waals surface area contributed by atoms with Crippen molar-refractivity contribution in [1.82, 2.24) is 5.32 Å². The van der Waals surface area contributed by atoms with Crippen LogP contribution in [0.3, 0.4) is 0 Å². The molecule has 0 fully saturated rings. The lowest BCUT2D eigenvalue weighted by molar-refractivity contribution is 0.0903. The summed E-state index contributed by atoms with van der Waals surface area (Å²) >= 11 is 0. The third-order valence-corrected chi connectivity index (χ3v) is 3.24. The molecule has 4 heteroatoms. The number of hydrogen-bond acceptors (Lipinski definition) is 3. The Bertz CT molecular complexity index is 439. The van der Waals surface area contributed by atoms with Crippen molar-refractivity contribution in [2.45, 2.75) is 39.3 Å². The van der Waals surface area contributed by atoms with E-state index in [-0.39, 0.29) is 11.9 Å². The Morgan fingerprint density at radius 2 is 2.06 bits per heavy atom. The van der Waals surface area contributed by atoms with Gasteiger partial charge in [-0.05, 0) is 45.4 Å². The molecule has 1 aromatic carbocycles. The van der Waals surface area contributed by atoms with E-state index in [0.717, 1.165) is 5.56 Å². The summed E-state index contributed by atoms with van der Waals surface area (Å²) in [6.45, 7) is 7.62. The highest BCUT2D eigenvalue weighted by Gasteiger charge is 2.25. The van der Waals surface area contributed by atoms with E-state index < -0.39 is 5.54 Å². The lowest BCUT2D eigenvalue weighted by atomic mass is 9.96. The monoisotopic (exact) mass is 250 g/mol. The van der Waals surface area contributed by atoms with Gasteiger partial charge in [0.15, 0.2) is 0 Å². The molecule has 0 spiro atoms. The lowest BCUT2D eigenvalue weighted by Crippen LogP contribution is -2.54. The van der Waals surface area contributed by atoms with Gasteiger partial charge in [-0.25, -0.2) is 0 Å². The first-order chi connectivity index (χ1) is 8.27. The second-order valence-electron chi connectivity index (χ2n) is 5.15. The number of hydrogen-bond donors (Lipinski definition) is 2. The summed E-state index contributed by atoms with van der Waals surface area (Å²) < 4.78 is 5.21. The van der Waals surface area contributed by atoms with E-state index in [9.17, 15) is 4.79 Å². The third-order valence-electron chi connectivity index (χ3n) is 3.24. The number of nitrogens with one attached hydrogen (secondary N) is 1. The zero-order valence-corrected chi connectivity index (χ0v) is 11.7. The Hall–Kier alpha value is -1.55. The molecule has 0 saturated carbocycles. The molecule has 0 saturated heterocycles. The molecule has 18 heavy (non-hydrogen) atoms. The standard InChI is InChI=1S/C14H22N2O2/c1-9-6-7-11(8-12(9)18-5)13(17)16-14(3,4)10(2)15/h6-8,10H,15H2,1-5H3,(H,16,17). The molecule has 0 aliphatic carbocycles. The summed E-state index contributed by atoms with van der Waals surface area (Å²) in [5.74, 6) is 0.567. The molecular formula is C14H22N2O2. The van der Waals surface area contributed by atoms with Gasteiger partial charge >= 0.3 is 0 Å². The molecule has 0 heterocycles. The van der Waals surface area contributed by atoms with Crippen molar-refractivity contribution < 1.29 is 9.53 Å². The van der Waals surface area contributed by atoms with Crippen LogP contribution >= 0.6 is 0 Å². The summed E-state index contributed by atoms with van der Waals surface area (Å²) in [5.41, 5.74) is 6.96. The minimum Gasteiger partial charge on any atom is -0.496 e. The molecule has 1 aromatic rings. The summed E-state index contributed by atoms with van der Waals surface area (Å²) in [4.78, 5) is 12.1. The predicted molar refractivity (Wildman–Crippen MR) is 72.9 cm³/mol. The van der Waals surface area contributed by atoms with Crippen LogP contribution in [0.1, 0.15) is 36.7 Å². The van der Waals surface area contributed by atoms with Crippen LogP contribution in [0, 0.1) is 6.92 Å². The van der Waals surface area contributed by atoms with Crippen molar-refractivity contribution >= 4 is 5.91 Å². The van der Waals surface area contributed by atoms with Crippen LogP contribution in [0.4, 0.5) is 0 Å². The second-order valence-corrected chi connectivity index (χ2v) is 5.15. The number of aryl methyl sites for hydroxylation is 1. The van der Waals surface area contributed by atoms with Gasteiger partial charge in [0.05, 0.1) is 7.11 Å². The van der Waals surface area contributed by atoms with Crippen LogP contribution in [-0.2, 0) is 0 Å². The molecule has 0 radical (unpaired) electrons. The number of rotatable bonds is 4. The highest BCUT2D eigenvalue weighted by molar-refractivity contribution is 5.95. The number of carbonyl (C=O) groups excluding carboxylic acids is 1. The van der Waals surface area contributed by atoms with Crippen LogP contribution < -0.4 is 15.8 Å². The van der Waals surface area contributed by atoms with Gasteiger partial charge in [0.25, 0.3) is 5.91 Å². The van der Waals surface area contributed by atoms with Gasteiger partial charge < -0.3 is 15.8 Å². The Balaban J connectivity index is 2.92. The van der Waals surface area contributed by atoms with E-state index in [1.807, 2.05) is 33.8 Å². The average Bonchev–Trinajstić information content (AvgIpc) is 2.28. The van der Waals surface area contributed by atoms with Crippen LogP contribution in [0.5, 0.6) is 5.75 Å². The number of ether oxygens (including phenoxy) is 1. The number of amides is 1. The minimum absolute atomic E-state index is 0.131. The molecule has 100 valence electrons. The molecule has 3 N–H and O–H groups in total. The van der Waals surface area contributed by atoms with Gasteiger partial charge in [-0.15, -0.1) is 0 Å². The second kappa shape index (κ2) is 5.40. The van der Waals surface area contributed by atoms with E-state index in [0.29, 0.717) is 11.3 Å². The van der Waals surface area contributed by atoms with E-state index in [2.05, 4.69) is 5.32 Å². The first-order valence-electron chi connectivity index (χ1n) is 6.00. The molecule has 0 aromatic heterocycles. The molecular weight excluding hydrogens is 228 g/mol. The maximum atomic E-state index is 12.1. The van der Waals surface area contributed by atoms with E-state index in [1.165, 1.54) is 0 Å². The number of benzene rings is 1. The molecule has 0 bridgehead atoms. The van der Waals surface area contributed by atoms with Gasteiger partial charge in [-0.2, -0.15) is 0 Å². The number of methoxy groups -OCH3 is 1. The van der Waals surface area contributed by atoms with Crippen molar-refractivity contribution in [1.29, 1.82) is 0 Å². The summed E-state index contributed by atoms with van der Waals surface area (Å²) in [5, 5.41) is 2.92. The average molecular weight is 250 g/mol. The van der Waals surface area contributed by atoms with E-state index >= 15 is 0 Å². The van der Waals surface area contributed by atoms with Gasteiger partial charge in [-0.1, -0.05) is 6.07 Å². The van der Waals surface area contributed by atoms with Gasteiger partial charge in [0, 0.05) is 17.1 Å². The van der Waals surface area contributed by atoms with Crippen molar-refractivity contribution in [3.05, 3.63) is 29.3 Å². The first kappa shape index (κ1) is 14.5. The zero-order chi connectivity index (χ0) is 13.9. The summed E-state index contributed by atoms with van der Waals surface area (Å²) in [6, 6.07) is 5.26. The maximum Gasteiger partial charge on any atom is 0.251 e. The van der Waals surface area contributed by atoms with Crippen LogP contribution in [0.25, 0.3) is 0 Å². The van der Waals surface area contributed by atoms with Crippen LogP contribution in [0.15, 0.2) is 18.2 Å². The topological polar surface area (TPSA) is 64.3 Å². The Morgan fingerprint density at radius 1 is 1.44 bits per heavy atom. The van der Waals surface area contributed by atoms with Crippen LogP contribution in [0.2, 0.25) is 0 Å². The van der Waals surface area contributed by atoms with Gasteiger partial charge in [0.2, 0.25) is 0 Å². The van der Waals surface area contributed by atoms with Gasteiger partial charge in [-0.3, -0.25) is 4.79 Å². The first-order valence-corrected chi connectivity index (χ1v) is 6.00. The largest absolute Gasteiger partial charge is 0.496 e. The lowest BCUT2D eigenvalue weighted by Gasteiger charge is -2.30. The Morgan fingerprint density at radius 3 is 2.56 bits per heavy atom. The number of carbonyl (C=O) groups is 1. The fourth-order valence-electron chi connectivity index (χ4n) is 1.44. The molecule has 0 aliphatic heterocycles. The molecule has 1 rings (SSSR count). The van der Waals surface area contributed by atoms with E-state index in [4.69, 9.17) is 10.5 Å². The SMILES string of the molecule is COc1cc(C(=O)NC(C)(C)C(C)N)ccc1C. The van der Waals surface area contributed by atoms with Crippen molar-refractivity contribution in [3.63, 3.8) is 0 Å². The summed E-state index contributed by atoms with van der Waals surface area (Å²) in [7, 11) is 1.59. The predicted octanol–water partition coefficient (Wildman–Crippen LogP) is 1.86. The fraction of sp³-hybridized carbons (Fsp3) is 0.500. The van der Waals surface area contributed by atoms with Crippen molar-refractivity contribution in [2.24, 2.45) is 5.73 Å². The molecule has 0 aliphatic rings. The fourth-order valence-corrected chi connectivity index (χ4v) is 1.44. The summed E-state index contributed by atoms with van der Waals surface area (Å²) in [6.07, 6.45) is 0. The van der Waals surface area contributed by atoms with Gasteiger partial charge in [0.1, 0.15) is 5.75 Å². The molecule has 1 amide bonds. The maximum absolute atomic E-state index is 12.1. The quantitative estimate of drug-likeness (QED) is 0.857. The van der Waals surface area contributed by atoms with Crippen molar-refractivity contribution in [2.75, 3.05) is 7.11 Å². The zero-order valence-electron chi connectivity index (χ0n) is 11.7. The highest BCUT2D eigenvalue weighted by Crippen LogP contribution is 2.19. The van der Waals surface area contributed by atoms with E-state index in [1.54, 1.807) is 19.2 Å². The molecule has 1 unspecified atom stereocenters. The molecule has 4 nitrogen and oxygen atoms in total. The number of nitrogens with two attached hydrogens (primary N) is 1. The molecule has 1 atom stereocenters. The Kier molecular flexibility index (Phi) is 4.35. The highest BCUT2D eigenvalue weighted by atomic mass is 16.5. The van der Waals surface area contributed by atoms with Crippen molar-refractivity contribution in [3.8, 4) is 5.75 Å².